The molecule has 88 heavy (non-hydrogen) atoms. The third-order valence-electron chi connectivity index (χ3n) is 14.7. The van der Waals surface area contributed by atoms with Crippen LogP contribution in [0, 0.1) is 51.7 Å². The maximum absolute atomic E-state index is 12.1. The third-order valence-corrected chi connectivity index (χ3v) is 14.7. The molecule has 6 aromatic rings. The summed E-state index contributed by atoms with van der Waals surface area (Å²) in [6.45, 7) is 17.8. The van der Waals surface area contributed by atoms with Gasteiger partial charge >= 0.3 is 17.9 Å². The van der Waals surface area contributed by atoms with Gasteiger partial charge in [-0.2, -0.15) is 31.1 Å². The molecule has 11 rings (SSSR count). The maximum Gasteiger partial charge on any atom is 0.306 e. The molecule has 472 valence electrons. The van der Waals surface area contributed by atoms with Crippen LogP contribution in [0.25, 0.3) is 16.6 Å². The number of rotatable bonds is 14. The Morgan fingerprint density at radius 1 is 0.557 bits per heavy atom. The van der Waals surface area contributed by atoms with Crippen LogP contribution >= 0.6 is 0 Å². The summed E-state index contributed by atoms with van der Waals surface area (Å²) in [6, 6.07) is 16.4. The van der Waals surface area contributed by atoms with Crippen molar-refractivity contribution < 1.29 is 77.4 Å². The second-order valence-corrected chi connectivity index (χ2v) is 23.7. The number of nitrogens with zero attached hydrogens (tertiary/aromatic N) is 12. The highest BCUT2D eigenvalue weighted by atomic mass is 16.8. The average molecular weight is 1220 g/mol. The molecule has 5 fully saturated rings. The Morgan fingerprint density at radius 2 is 0.909 bits per heavy atom. The van der Waals surface area contributed by atoms with Crippen molar-refractivity contribution in [2.45, 2.75) is 172 Å². The first-order valence-electron chi connectivity index (χ1n) is 28.3. The number of nitrogen functional groups attached to an aromatic ring is 3. The monoisotopic (exact) mass is 1220 g/mol. The van der Waals surface area contributed by atoms with Crippen LogP contribution in [0.1, 0.15) is 106 Å². The SMILES string of the molecule is CC(C)CC(=O)O.CC(C)CC(=O)OC[C@H]1O[C@@](C#N)(c2ccc3c(N)ncnn23)[C@@H]2OC(C)(C)O[C@@H]21.CC(C)CC(=O)OC[C@H]1O[C@@](C#N)(c2ccc3c(N)ncnn23)[C@H](O)[C@@H]1O.CC1(C)O[C@H]2[C@@H](O1)[C@](C#N)(c1ccc3c(N)ncnn13)O[C@@H]2CO. The number of esters is 2. The van der Waals surface area contributed by atoms with Crippen LogP contribution in [0.2, 0.25) is 0 Å². The lowest BCUT2D eigenvalue weighted by atomic mass is 9.92. The second kappa shape index (κ2) is 25.8. The van der Waals surface area contributed by atoms with Crippen LogP contribution in [0.5, 0.6) is 0 Å². The molecule has 0 amide bonds. The zero-order valence-corrected chi connectivity index (χ0v) is 50.2. The summed E-state index contributed by atoms with van der Waals surface area (Å²) < 4.78 is 56.6. The van der Waals surface area contributed by atoms with Crippen LogP contribution in [0.3, 0.4) is 0 Å². The molecule has 5 aliphatic rings. The second-order valence-electron chi connectivity index (χ2n) is 23.7. The van der Waals surface area contributed by atoms with E-state index in [0.717, 1.165) is 0 Å². The van der Waals surface area contributed by atoms with Crippen molar-refractivity contribution in [3.63, 3.8) is 0 Å². The highest BCUT2D eigenvalue weighted by molar-refractivity contribution is 5.71. The third kappa shape index (κ3) is 12.9. The van der Waals surface area contributed by atoms with Gasteiger partial charge in [0, 0.05) is 19.3 Å². The number of aliphatic carboxylic acids is 1. The van der Waals surface area contributed by atoms with Gasteiger partial charge in [-0.05, 0) is 81.8 Å². The van der Waals surface area contributed by atoms with E-state index in [1.165, 1.54) is 38.6 Å². The molecule has 0 radical (unpaired) electrons. The van der Waals surface area contributed by atoms with Crippen LogP contribution in [0.15, 0.2) is 55.4 Å². The van der Waals surface area contributed by atoms with E-state index < -0.39 is 95.3 Å². The van der Waals surface area contributed by atoms with E-state index in [4.69, 9.17) is 64.9 Å². The molecule has 0 unspecified atom stereocenters. The van der Waals surface area contributed by atoms with Crippen molar-refractivity contribution >= 4 is 51.9 Å². The maximum atomic E-state index is 12.1. The summed E-state index contributed by atoms with van der Waals surface area (Å²) in [5.41, 5.74) is 15.3. The van der Waals surface area contributed by atoms with Crippen molar-refractivity contribution in [2.75, 3.05) is 37.0 Å². The first-order valence-corrected chi connectivity index (χ1v) is 28.3. The van der Waals surface area contributed by atoms with E-state index in [-0.39, 0.29) is 73.7 Å². The van der Waals surface area contributed by atoms with Crippen LogP contribution in [-0.4, -0.2) is 168 Å². The van der Waals surface area contributed by atoms with Crippen molar-refractivity contribution in [2.24, 2.45) is 17.8 Å². The van der Waals surface area contributed by atoms with E-state index in [1.54, 1.807) is 58.0 Å². The molecule has 0 aromatic carbocycles. The fraction of sp³-hybridized carbons (Fsp3) is 0.579. The number of fused-ring (bicyclic) bond motifs is 5. The summed E-state index contributed by atoms with van der Waals surface area (Å²) in [5.74, 6) is -1.96. The van der Waals surface area contributed by atoms with Crippen molar-refractivity contribution in [1.29, 1.82) is 15.8 Å². The van der Waals surface area contributed by atoms with Crippen LogP contribution in [-0.2, 0) is 73.8 Å². The Kier molecular flexibility index (Phi) is 19.3. The Hall–Kier alpha value is -8.26. The fourth-order valence-electron chi connectivity index (χ4n) is 11.0. The Bertz CT molecular complexity index is 3640. The van der Waals surface area contributed by atoms with E-state index in [2.05, 4.69) is 42.4 Å². The normalized spacial score (nSPS) is 28.8. The zero-order chi connectivity index (χ0) is 64.4. The molecule has 0 spiro atoms. The van der Waals surface area contributed by atoms with Gasteiger partial charge in [0.2, 0.25) is 16.8 Å². The number of hydrogen-bond donors (Lipinski definition) is 7. The quantitative estimate of drug-likeness (QED) is 0.0769. The topological polar surface area (TPSA) is 455 Å². The molecular formula is C57H73N15O16. The number of aromatic nitrogens is 9. The number of carbonyl (C=O) groups excluding carboxylic acids is 2. The van der Waals surface area contributed by atoms with Crippen LogP contribution < -0.4 is 17.2 Å². The predicted octanol–water partition coefficient (Wildman–Crippen LogP) is 2.34. The predicted molar refractivity (Wildman–Crippen MR) is 303 cm³/mol. The van der Waals surface area contributed by atoms with Gasteiger partial charge in [0.1, 0.15) is 122 Å². The molecule has 6 aromatic heterocycles. The fourth-order valence-corrected chi connectivity index (χ4v) is 11.0. The molecule has 10 N–H and O–H groups in total. The van der Waals surface area contributed by atoms with Gasteiger partial charge in [-0.15, -0.1) is 0 Å². The average Bonchev–Trinajstić information content (AvgIpc) is 1.64. The van der Waals surface area contributed by atoms with Crippen molar-refractivity contribution in [1.82, 2.24) is 43.8 Å². The van der Waals surface area contributed by atoms with Crippen LogP contribution in [0.4, 0.5) is 17.5 Å². The molecule has 5 saturated heterocycles. The summed E-state index contributed by atoms with van der Waals surface area (Å²) in [6.07, 6.45) is -3.44. The van der Waals surface area contributed by atoms with Gasteiger partial charge in [0.25, 0.3) is 0 Å². The lowest BCUT2D eigenvalue weighted by Crippen LogP contribution is -2.41. The number of aliphatic hydroxyl groups excluding tert-OH is 3. The number of carboxylic acids is 1. The minimum Gasteiger partial charge on any atom is -0.481 e. The lowest BCUT2D eigenvalue weighted by Gasteiger charge is -2.28. The van der Waals surface area contributed by atoms with Gasteiger partial charge in [0.15, 0.2) is 29.0 Å². The first kappa shape index (κ1) is 65.7. The molecule has 0 bridgehead atoms. The van der Waals surface area contributed by atoms with E-state index >= 15 is 0 Å². The van der Waals surface area contributed by atoms with Crippen molar-refractivity contribution in [3.05, 3.63) is 72.5 Å². The highest BCUT2D eigenvalue weighted by Crippen LogP contribution is 2.51. The molecule has 11 heterocycles. The minimum atomic E-state index is -1.90. The number of ether oxygens (including phenoxy) is 9. The zero-order valence-electron chi connectivity index (χ0n) is 50.2. The Labute approximate surface area is 504 Å². The molecule has 0 aliphatic carbocycles. The number of carboxylic acid groups (broad SMARTS) is 1. The minimum absolute atomic E-state index is 0.0456. The first-order chi connectivity index (χ1) is 41.5. The molecule has 31 nitrogen and oxygen atoms in total. The van der Waals surface area contributed by atoms with E-state index in [9.17, 15) is 45.5 Å². The number of nitrogens with two attached hydrogens (primary N) is 3. The van der Waals surface area contributed by atoms with E-state index in [1.807, 2.05) is 47.6 Å². The molecular weight excluding hydrogens is 1150 g/mol. The summed E-state index contributed by atoms with van der Waals surface area (Å²) in [4.78, 5) is 45.4. The number of hydrogen-bond acceptors (Lipinski definition) is 27. The Balaban J connectivity index is 0.000000163. The smallest absolute Gasteiger partial charge is 0.306 e. The van der Waals surface area contributed by atoms with Gasteiger partial charge in [-0.25, -0.2) is 28.5 Å². The number of carbonyl (C=O) groups is 3. The Morgan fingerprint density at radius 3 is 1.26 bits per heavy atom. The molecule has 31 heteroatoms. The van der Waals surface area contributed by atoms with Gasteiger partial charge in [-0.1, -0.05) is 41.5 Å². The number of anilines is 3. The van der Waals surface area contributed by atoms with Gasteiger partial charge < -0.3 is 80.3 Å². The number of nitriles is 3. The number of aliphatic hydroxyl groups is 3. The van der Waals surface area contributed by atoms with Crippen molar-refractivity contribution in [3.8, 4) is 18.2 Å². The van der Waals surface area contributed by atoms with Gasteiger partial charge in [0.05, 0.1) is 23.7 Å². The van der Waals surface area contributed by atoms with Gasteiger partial charge in [-0.3, -0.25) is 14.4 Å². The molecule has 5 aliphatic heterocycles. The molecule has 12 atom stereocenters. The largest absolute Gasteiger partial charge is 0.481 e. The standard InChI is InChI=1S/C20H25N5O5.C17H21N5O5.C15H17N5O4.C5H10O2/c1-11(2)7-15(26)27-8-13-16-17(30-19(3,4)29-16)20(9-21,28-13)14-6-5-12-18(22)23-10-24-25(12)14;1-9(2)5-13(23)26-6-11-14(24)15(25)17(7-18,27-11)12-4-3-10-16(19)20-8-21-22(10)12;1-14(2)23-11-9(5-21)22-15(6-16,12(11)24-14)10-4-3-8-13(17)18-7-19-20(8)10;1-4(2)3-5(6)7/h5-6,10-11,13,16-17H,7-8H2,1-4H3,(H2,22,23,24);3-4,8-9,11,14-15,24-25H,5-6H2,1-2H3,(H2,19,20,21);3-4,7,9,11-12,21H,5H2,1-2H3,(H2,17,18,19);4H,3H2,1-2H3,(H,6,7)/t13-,16-,17-,20+;11-,14-,15-,17+;9-,11-,12-,15+;/m111./s1. The lowest BCUT2D eigenvalue weighted by molar-refractivity contribution is -0.207. The summed E-state index contributed by atoms with van der Waals surface area (Å²) in [7, 11) is 0. The summed E-state index contributed by atoms with van der Waals surface area (Å²) >= 11 is 0. The highest BCUT2D eigenvalue weighted by Gasteiger charge is 2.67. The van der Waals surface area contributed by atoms with E-state index in [0.29, 0.717) is 40.2 Å². The summed E-state index contributed by atoms with van der Waals surface area (Å²) in [5, 5.41) is 81.1. The molecule has 0 saturated carbocycles.